The van der Waals surface area contributed by atoms with Gasteiger partial charge < -0.3 is 10.6 Å². The molecule has 14 heavy (non-hydrogen) atoms. The van der Waals surface area contributed by atoms with Crippen LogP contribution in [0, 0.1) is 5.92 Å². The lowest BCUT2D eigenvalue weighted by Crippen LogP contribution is -2.33. The van der Waals surface area contributed by atoms with Gasteiger partial charge in [0.2, 0.25) is 5.91 Å². The number of rotatable bonds is 6. The molecule has 0 aromatic rings. The average molecular weight is 216 g/mol. The van der Waals surface area contributed by atoms with Crippen LogP contribution < -0.4 is 5.73 Å². The molecule has 1 amide bonds. The Hall–Kier alpha value is -0.640. The van der Waals surface area contributed by atoms with Crippen LogP contribution in [0.15, 0.2) is 0 Å². The van der Waals surface area contributed by atoms with Crippen LogP contribution in [0.25, 0.3) is 0 Å². The van der Waals surface area contributed by atoms with Crippen LogP contribution in [0.3, 0.4) is 0 Å². The van der Waals surface area contributed by atoms with E-state index in [1.165, 1.54) is 0 Å². The van der Waals surface area contributed by atoms with Crippen molar-refractivity contribution in [3.05, 3.63) is 0 Å². The number of carbonyl (C=O) groups excluding carboxylic acids is 1. The van der Waals surface area contributed by atoms with E-state index in [1.807, 2.05) is 6.92 Å². The molecule has 3 nitrogen and oxygen atoms in total. The number of hydrogen-bond donors (Lipinski definition) is 1. The molecule has 4 heteroatoms. The number of nitrogens with zero attached hydrogens (tertiary/aromatic N) is 1. The molecule has 2 N–H and O–H groups in total. The molecule has 0 heterocycles. The fourth-order valence-electron chi connectivity index (χ4n) is 1.32. The lowest BCUT2D eigenvalue weighted by atomic mass is 10.1. The molecular formula is C10H20N2OS. The molecule has 0 spiro atoms. The summed E-state index contributed by atoms with van der Waals surface area (Å²) < 4.78 is 0. The maximum Gasteiger partial charge on any atom is 0.225 e. The lowest BCUT2D eigenvalue weighted by Gasteiger charge is -2.20. The van der Waals surface area contributed by atoms with E-state index in [0.717, 1.165) is 12.8 Å². The minimum Gasteiger partial charge on any atom is -0.393 e. The molecule has 0 bridgehead atoms. The second-order valence-corrected chi connectivity index (χ2v) is 4.19. The maximum atomic E-state index is 11.7. The SMILES string of the molecule is CCCC(C)C(=O)N(C)CCC(N)=S. The van der Waals surface area contributed by atoms with Gasteiger partial charge in [-0.1, -0.05) is 32.5 Å². The molecule has 0 rings (SSSR count). The van der Waals surface area contributed by atoms with E-state index in [9.17, 15) is 4.79 Å². The van der Waals surface area contributed by atoms with Gasteiger partial charge in [0.15, 0.2) is 0 Å². The largest absolute Gasteiger partial charge is 0.393 e. The maximum absolute atomic E-state index is 11.7. The van der Waals surface area contributed by atoms with Crippen molar-refractivity contribution in [3.63, 3.8) is 0 Å². The molecule has 0 aliphatic rings. The van der Waals surface area contributed by atoms with E-state index < -0.39 is 0 Å². The van der Waals surface area contributed by atoms with Gasteiger partial charge in [0.1, 0.15) is 0 Å². The third kappa shape index (κ3) is 5.17. The third-order valence-corrected chi connectivity index (χ3v) is 2.42. The van der Waals surface area contributed by atoms with Gasteiger partial charge in [0, 0.05) is 25.9 Å². The van der Waals surface area contributed by atoms with E-state index in [0.29, 0.717) is 18.0 Å². The van der Waals surface area contributed by atoms with Crippen LogP contribution in [-0.2, 0) is 4.79 Å². The zero-order valence-electron chi connectivity index (χ0n) is 9.25. The highest BCUT2D eigenvalue weighted by molar-refractivity contribution is 7.80. The second kappa shape index (κ2) is 6.76. The second-order valence-electron chi connectivity index (χ2n) is 3.67. The number of hydrogen-bond acceptors (Lipinski definition) is 2. The summed E-state index contributed by atoms with van der Waals surface area (Å²) in [5.41, 5.74) is 5.37. The summed E-state index contributed by atoms with van der Waals surface area (Å²) >= 11 is 4.76. The highest BCUT2D eigenvalue weighted by Crippen LogP contribution is 2.08. The predicted octanol–water partition coefficient (Wildman–Crippen LogP) is 1.56. The smallest absolute Gasteiger partial charge is 0.225 e. The van der Waals surface area contributed by atoms with Crippen molar-refractivity contribution in [2.45, 2.75) is 33.1 Å². The van der Waals surface area contributed by atoms with E-state index in [4.69, 9.17) is 18.0 Å². The first-order valence-electron chi connectivity index (χ1n) is 5.02. The van der Waals surface area contributed by atoms with E-state index in [1.54, 1.807) is 11.9 Å². The van der Waals surface area contributed by atoms with Crippen molar-refractivity contribution in [1.29, 1.82) is 0 Å². The summed E-state index contributed by atoms with van der Waals surface area (Å²) in [5, 5.41) is 0. The Morgan fingerprint density at radius 2 is 2.14 bits per heavy atom. The molecule has 82 valence electrons. The molecule has 0 saturated heterocycles. The summed E-state index contributed by atoms with van der Waals surface area (Å²) in [6.45, 7) is 4.67. The topological polar surface area (TPSA) is 46.3 Å². The molecule has 0 radical (unpaired) electrons. The molecule has 0 aromatic carbocycles. The van der Waals surface area contributed by atoms with Crippen molar-refractivity contribution in [1.82, 2.24) is 4.90 Å². The van der Waals surface area contributed by atoms with Gasteiger partial charge in [-0.3, -0.25) is 4.79 Å². The van der Waals surface area contributed by atoms with Crippen molar-refractivity contribution in [3.8, 4) is 0 Å². The number of nitrogens with two attached hydrogens (primary N) is 1. The lowest BCUT2D eigenvalue weighted by molar-refractivity contribution is -0.133. The van der Waals surface area contributed by atoms with E-state index in [-0.39, 0.29) is 11.8 Å². The van der Waals surface area contributed by atoms with E-state index >= 15 is 0 Å². The fraction of sp³-hybridized carbons (Fsp3) is 0.800. The zero-order valence-corrected chi connectivity index (χ0v) is 10.1. The molecule has 0 aromatic heterocycles. The monoisotopic (exact) mass is 216 g/mol. The highest BCUT2D eigenvalue weighted by Gasteiger charge is 2.15. The Labute approximate surface area is 91.6 Å². The third-order valence-electron chi connectivity index (χ3n) is 2.21. The number of thiocarbonyl (C=S) groups is 1. The fourth-order valence-corrected chi connectivity index (χ4v) is 1.41. The van der Waals surface area contributed by atoms with Gasteiger partial charge in [-0.15, -0.1) is 0 Å². The number of carbonyl (C=O) groups is 1. The molecule has 1 unspecified atom stereocenters. The summed E-state index contributed by atoms with van der Waals surface area (Å²) in [6, 6.07) is 0. The molecule has 0 aliphatic heterocycles. The normalized spacial score (nSPS) is 12.2. The van der Waals surface area contributed by atoms with Crippen LogP contribution in [0.4, 0.5) is 0 Å². The molecule has 1 atom stereocenters. The first-order chi connectivity index (χ1) is 6.49. The molecule has 0 saturated carbocycles. The van der Waals surface area contributed by atoms with Gasteiger partial charge in [-0.05, 0) is 6.42 Å². The summed E-state index contributed by atoms with van der Waals surface area (Å²) in [7, 11) is 1.80. The Morgan fingerprint density at radius 1 is 1.57 bits per heavy atom. The van der Waals surface area contributed by atoms with Gasteiger partial charge in [-0.2, -0.15) is 0 Å². The van der Waals surface area contributed by atoms with Gasteiger partial charge in [0.05, 0.1) is 4.99 Å². The number of amides is 1. The van der Waals surface area contributed by atoms with Crippen molar-refractivity contribution >= 4 is 23.1 Å². The van der Waals surface area contributed by atoms with Crippen molar-refractivity contribution < 1.29 is 4.79 Å². The van der Waals surface area contributed by atoms with E-state index in [2.05, 4.69) is 6.92 Å². The van der Waals surface area contributed by atoms with Crippen LogP contribution in [-0.4, -0.2) is 29.4 Å². The van der Waals surface area contributed by atoms with Crippen LogP contribution in [0.5, 0.6) is 0 Å². The Kier molecular flexibility index (Phi) is 6.45. The quantitative estimate of drug-likeness (QED) is 0.685. The minimum atomic E-state index is 0.108. The average Bonchev–Trinajstić information content (AvgIpc) is 2.13. The summed E-state index contributed by atoms with van der Waals surface area (Å²) in [6.07, 6.45) is 2.59. The van der Waals surface area contributed by atoms with Gasteiger partial charge in [0.25, 0.3) is 0 Å². The van der Waals surface area contributed by atoms with Crippen molar-refractivity contribution in [2.24, 2.45) is 11.7 Å². The summed E-state index contributed by atoms with van der Waals surface area (Å²) in [5.74, 6) is 0.291. The zero-order chi connectivity index (χ0) is 11.1. The minimum absolute atomic E-state index is 0.108. The highest BCUT2D eigenvalue weighted by atomic mass is 32.1. The van der Waals surface area contributed by atoms with Gasteiger partial charge >= 0.3 is 0 Å². The van der Waals surface area contributed by atoms with Crippen molar-refractivity contribution in [2.75, 3.05) is 13.6 Å². The standard InChI is InChI=1S/C10H20N2OS/c1-4-5-8(2)10(13)12(3)7-6-9(11)14/h8H,4-7H2,1-3H3,(H2,11,14). The van der Waals surface area contributed by atoms with Gasteiger partial charge in [-0.25, -0.2) is 0 Å². The first kappa shape index (κ1) is 13.4. The summed E-state index contributed by atoms with van der Waals surface area (Å²) in [4.78, 5) is 13.9. The Morgan fingerprint density at radius 3 is 2.57 bits per heavy atom. The van der Waals surface area contributed by atoms with Crippen LogP contribution in [0.2, 0.25) is 0 Å². The molecular weight excluding hydrogens is 196 g/mol. The Balaban J connectivity index is 3.91. The Bertz CT molecular complexity index is 206. The molecule has 0 aliphatic carbocycles. The first-order valence-corrected chi connectivity index (χ1v) is 5.43. The predicted molar refractivity (Wildman–Crippen MR) is 63.1 cm³/mol. The van der Waals surface area contributed by atoms with Crippen LogP contribution in [0.1, 0.15) is 33.1 Å². The van der Waals surface area contributed by atoms with Crippen LogP contribution >= 0.6 is 12.2 Å². The molecule has 0 fully saturated rings.